The molecule has 0 spiro atoms. The minimum absolute atomic E-state index is 0.0251. The largest absolute Gasteiger partial charge is 0.496 e. The van der Waals surface area contributed by atoms with Gasteiger partial charge in [0.05, 0.1) is 23.9 Å². The van der Waals surface area contributed by atoms with Crippen molar-refractivity contribution in [1.82, 2.24) is 5.32 Å². The summed E-state index contributed by atoms with van der Waals surface area (Å²) in [7, 11) is -2.45. The summed E-state index contributed by atoms with van der Waals surface area (Å²) in [6.07, 6.45) is 0. The molecule has 0 unspecified atom stereocenters. The average Bonchev–Trinajstić information content (AvgIpc) is 2.76. The number of halogens is 1. The number of hydrogen-bond donors (Lipinski definition) is 2. The number of hydrogen-bond acceptors (Lipinski definition) is 4. The molecule has 1 atom stereocenters. The van der Waals surface area contributed by atoms with E-state index >= 15 is 0 Å². The fraction of sp³-hybridized carbons (Fsp3) is 0.208. The molecule has 3 aromatic rings. The first-order chi connectivity index (χ1) is 15.1. The van der Waals surface area contributed by atoms with E-state index in [9.17, 15) is 13.2 Å². The van der Waals surface area contributed by atoms with Crippen molar-refractivity contribution < 1.29 is 17.9 Å². The Bertz CT molecular complexity index is 1260. The number of benzene rings is 3. The number of anilines is 1. The molecule has 0 aliphatic carbocycles. The van der Waals surface area contributed by atoms with Crippen molar-refractivity contribution in [3.05, 3.63) is 87.9 Å². The molecular weight excluding hydrogens is 448 g/mol. The van der Waals surface area contributed by atoms with Crippen LogP contribution in [0.5, 0.6) is 5.75 Å². The molecule has 0 fully saturated rings. The molecule has 0 radical (unpaired) electrons. The fourth-order valence-electron chi connectivity index (χ4n) is 3.28. The number of amides is 1. The van der Waals surface area contributed by atoms with E-state index < -0.39 is 15.9 Å². The monoisotopic (exact) mass is 472 g/mol. The van der Waals surface area contributed by atoms with Crippen LogP contribution >= 0.6 is 11.6 Å². The number of rotatable bonds is 7. The molecule has 6 nitrogen and oxygen atoms in total. The van der Waals surface area contributed by atoms with E-state index in [1.165, 1.54) is 18.2 Å². The van der Waals surface area contributed by atoms with Crippen molar-refractivity contribution >= 4 is 33.2 Å². The summed E-state index contributed by atoms with van der Waals surface area (Å²) in [4.78, 5) is 12.7. The number of aryl methyl sites for hydroxylation is 2. The number of sulfonamides is 1. The highest BCUT2D eigenvalue weighted by atomic mass is 35.5. The summed E-state index contributed by atoms with van der Waals surface area (Å²) in [5.41, 5.74) is 3.13. The third kappa shape index (κ3) is 5.23. The third-order valence-corrected chi connectivity index (χ3v) is 6.92. The van der Waals surface area contributed by atoms with Crippen LogP contribution in [0, 0.1) is 13.8 Å². The molecule has 3 rings (SSSR count). The van der Waals surface area contributed by atoms with Crippen LogP contribution in [0.15, 0.2) is 65.6 Å². The lowest BCUT2D eigenvalue weighted by Crippen LogP contribution is -2.27. The van der Waals surface area contributed by atoms with E-state index in [0.717, 1.165) is 16.7 Å². The third-order valence-electron chi connectivity index (χ3n) is 5.07. The van der Waals surface area contributed by atoms with E-state index in [1.54, 1.807) is 13.2 Å². The number of nitrogens with one attached hydrogen (secondary N) is 2. The lowest BCUT2D eigenvalue weighted by atomic mass is 10.1. The van der Waals surface area contributed by atoms with E-state index in [0.29, 0.717) is 11.4 Å². The molecule has 0 heterocycles. The number of ether oxygens (including phenoxy) is 1. The second-order valence-electron chi connectivity index (χ2n) is 7.51. The molecule has 32 heavy (non-hydrogen) atoms. The standard InChI is InChI=1S/C24H25ClN2O4S/c1-15-9-10-16(2)21(13-15)27-32(29,30)23-14-18(11-12-20(23)25)24(28)26-17(3)19-7-5-6-8-22(19)31-4/h5-14,17,27H,1-4H3,(H,26,28)/t17-/m0/s1. The first-order valence-electron chi connectivity index (χ1n) is 9.96. The summed E-state index contributed by atoms with van der Waals surface area (Å²) in [5, 5.41) is 2.90. The maximum absolute atomic E-state index is 13.0. The molecule has 0 aromatic heterocycles. The van der Waals surface area contributed by atoms with Crippen LogP contribution in [0.3, 0.4) is 0 Å². The molecular formula is C24H25ClN2O4S. The van der Waals surface area contributed by atoms with Gasteiger partial charge in [-0.05, 0) is 62.2 Å². The first-order valence-corrected chi connectivity index (χ1v) is 11.8. The summed E-state index contributed by atoms with van der Waals surface area (Å²) < 4.78 is 34.0. The van der Waals surface area contributed by atoms with Gasteiger partial charge in [-0.25, -0.2) is 8.42 Å². The Hall–Kier alpha value is -3.03. The summed E-state index contributed by atoms with van der Waals surface area (Å²) in [6, 6.07) is 16.6. The Balaban J connectivity index is 1.87. The fourth-order valence-corrected chi connectivity index (χ4v) is 4.93. The summed E-state index contributed by atoms with van der Waals surface area (Å²) in [6.45, 7) is 5.51. The molecule has 3 aromatic carbocycles. The number of methoxy groups -OCH3 is 1. The van der Waals surface area contributed by atoms with Crippen LogP contribution in [-0.4, -0.2) is 21.4 Å². The van der Waals surface area contributed by atoms with Crippen LogP contribution in [0.2, 0.25) is 5.02 Å². The van der Waals surface area contributed by atoms with Gasteiger partial charge in [-0.2, -0.15) is 0 Å². The first kappa shape index (κ1) is 23.6. The zero-order valence-corrected chi connectivity index (χ0v) is 19.8. The van der Waals surface area contributed by atoms with Crippen molar-refractivity contribution in [1.29, 1.82) is 0 Å². The molecule has 8 heteroatoms. The lowest BCUT2D eigenvalue weighted by molar-refractivity contribution is 0.0939. The van der Waals surface area contributed by atoms with Crippen molar-refractivity contribution in [3.8, 4) is 5.75 Å². The van der Waals surface area contributed by atoms with Crippen molar-refractivity contribution in [2.24, 2.45) is 0 Å². The van der Waals surface area contributed by atoms with Crippen molar-refractivity contribution in [2.75, 3.05) is 11.8 Å². The van der Waals surface area contributed by atoms with Crippen LogP contribution in [0.1, 0.15) is 40.0 Å². The second kappa shape index (κ2) is 9.63. The predicted octanol–water partition coefficient (Wildman–Crippen LogP) is 5.26. The minimum atomic E-state index is -4.01. The Morgan fingerprint density at radius 3 is 2.47 bits per heavy atom. The molecule has 0 saturated heterocycles. The van der Waals surface area contributed by atoms with Gasteiger partial charge in [0.2, 0.25) is 0 Å². The topological polar surface area (TPSA) is 84.5 Å². The van der Waals surface area contributed by atoms with Crippen LogP contribution in [0.25, 0.3) is 0 Å². The zero-order chi connectivity index (χ0) is 23.5. The Labute approximate surface area is 193 Å². The van der Waals surface area contributed by atoms with Gasteiger partial charge in [-0.1, -0.05) is 41.9 Å². The number of para-hydroxylation sites is 1. The van der Waals surface area contributed by atoms with E-state index in [1.807, 2.05) is 57.2 Å². The SMILES string of the molecule is COc1ccccc1[C@H](C)NC(=O)c1ccc(Cl)c(S(=O)(=O)Nc2cc(C)ccc2C)c1. The van der Waals surface area contributed by atoms with Gasteiger partial charge in [0.1, 0.15) is 10.6 Å². The normalized spacial score (nSPS) is 12.2. The van der Waals surface area contributed by atoms with E-state index in [2.05, 4.69) is 10.0 Å². The molecule has 0 saturated carbocycles. The van der Waals surface area contributed by atoms with Gasteiger partial charge >= 0.3 is 0 Å². The Morgan fingerprint density at radius 1 is 1.03 bits per heavy atom. The number of carbonyl (C=O) groups is 1. The van der Waals surface area contributed by atoms with Crippen LogP contribution in [-0.2, 0) is 10.0 Å². The minimum Gasteiger partial charge on any atom is -0.496 e. The van der Waals surface area contributed by atoms with Crippen molar-refractivity contribution in [2.45, 2.75) is 31.7 Å². The van der Waals surface area contributed by atoms with Crippen LogP contribution in [0.4, 0.5) is 5.69 Å². The molecule has 0 bridgehead atoms. The summed E-state index contributed by atoms with van der Waals surface area (Å²) >= 11 is 6.20. The molecule has 1 amide bonds. The van der Waals surface area contributed by atoms with Gasteiger partial charge in [0.25, 0.3) is 15.9 Å². The van der Waals surface area contributed by atoms with Crippen molar-refractivity contribution in [3.63, 3.8) is 0 Å². The second-order valence-corrected chi connectivity index (χ2v) is 9.56. The van der Waals surface area contributed by atoms with Gasteiger partial charge < -0.3 is 10.1 Å². The highest BCUT2D eigenvalue weighted by Crippen LogP contribution is 2.28. The highest BCUT2D eigenvalue weighted by Gasteiger charge is 2.22. The van der Waals surface area contributed by atoms with Gasteiger partial charge in [0, 0.05) is 11.1 Å². The number of carbonyl (C=O) groups excluding carboxylic acids is 1. The molecule has 2 N–H and O–H groups in total. The van der Waals surface area contributed by atoms with Gasteiger partial charge in [0.15, 0.2) is 0 Å². The lowest BCUT2D eigenvalue weighted by Gasteiger charge is -2.18. The quantitative estimate of drug-likeness (QED) is 0.491. The highest BCUT2D eigenvalue weighted by molar-refractivity contribution is 7.92. The molecule has 0 aliphatic heterocycles. The maximum Gasteiger partial charge on any atom is 0.263 e. The Kier molecular flexibility index (Phi) is 7.11. The van der Waals surface area contributed by atoms with Gasteiger partial charge in [-0.3, -0.25) is 9.52 Å². The zero-order valence-electron chi connectivity index (χ0n) is 18.3. The van der Waals surface area contributed by atoms with E-state index in [4.69, 9.17) is 16.3 Å². The molecule has 0 aliphatic rings. The van der Waals surface area contributed by atoms with Crippen LogP contribution < -0.4 is 14.8 Å². The predicted molar refractivity (Wildman–Crippen MR) is 127 cm³/mol. The van der Waals surface area contributed by atoms with E-state index in [-0.39, 0.29) is 21.5 Å². The molecule has 168 valence electrons. The average molecular weight is 473 g/mol. The van der Waals surface area contributed by atoms with Gasteiger partial charge in [-0.15, -0.1) is 0 Å². The smallest absolute Gasteiger partial charge is 0.263 e. The maximum atomic E-state index is 13.0. The Morgan fingerprint density at radius 2 is 1.75 bits per heavy atom. The summed E-state index contributed by atoms with van der Waals surface area (Å²) in [5.74, 6) is 0.223.